The van der Waals surface area contributed by atoms with E-state index in [0.29, 0.717) is 11.4 Å². The molecule has 0 unspecified atom stereocenters. The van der Waals surface area contributed by atoms with E-state index in [9.17, 15) is 0 Å². The summed E-state index contributed by atoms with van der Waals surface area (Å²) in [6, 6.07) is 0. The highest BCUT2D eigenvalue weighted by atomic mass is 14.5. The maximum atomic E-state index is 7.32. The molecular weight excluding hydrogens is 112 g/mol. The van der Waals surface area contributed by atoms with Crippen LogP contribution in [0.5, 0.6) is 0 Å². The molecule has 1 rings (SSSR count). The molecule has 9 heavy (non-hydrogen) atoms. The highest BCUT2D eigenvalue weighted by Gasteiger charge is 2.07. The van der Waals surface area contributed by atoms with E-state index in [-0.39, 0.29) is 0 Å². The molecule has 48 valence electrons. The quantitative estimate of drug-likeness (QED) is 0.492. The molecule has 0 aromatic rings. The van der Waals surface area contributed by atoms with Crippen molar-refractivity contribution in [3.8, 4) is 0 Å². The standard InChI is InChI=1S/C7H10N2/c1-5-4-6(8)2-3-7(5)9/h4,8-9H,2-3H2,1H3. The summed E-state index contributed by atoms with van der Waals surface area (Å²) in [6.07, 6.45) is 3.27. The average Bonchev–Trinajstić information content (AvgIpc) is 1.80. The Hall–Kier alpha value is -0.920. The Morgan fingerprint density at radius 1 is 1.33 bits per heavy atom. The van der Waals surface area contributed by atoms with Crippen molar-refractivity contribution in [1.82, 2.24) is 0 Å². The third-order valence-corrected chi connectivity index (χ3v) is 1.51. The molecule has 0 radical (unpaired) electrons. The Bertz CT molecular complexity index is 189. The molecule has 2 N–H and O–H groups in total. The molecule has 2 nitrogen and oxygen atoms in total. The van der Waals surface area contributed by atoms with Crippen molar-refractivity contribution in [1.29, 1.82) is 10.8 Å². The number of hydrogen-bond donors (Lipinski definition) is 2. The van der Waals surface area contributed by atoms with Gasteiger partial charge in [0.15, 0.2) is 0 Å². The lowest BCUT2D eigenvalue weighted by molar-refractivity contribution is 1.09. The molecule has 0 spiro atoms. The van der Waals surface area contributed by atoms with Crippen LogP contribution in [0.25, 0.3) is 0 Å². The van der Waals surface area contributed by atoms with Crippen LogP contribution in [0.2, 0.25) is 0 Å². The Labute approximate surface area is 54.6 Å². The second-order valence-electron chi connectivity index (χ2n) is 2.33. The van der Waals surface area contributed by atoms with Crippen molar-refractivity contribution in [2.75, 3.05) is 0 Å². The molecule has 0 fully saturated rings. The molecule has 0 heterocycles. The van der Waals surface area contributed by atoms with Crippen LogP contribution in [0.1, 0.15) is 19.8 Å². The Kier molecular flexibility index (Phi) is 1.47. The molecule has 0 saturated heterocycles. The van der Waals surface area contributed by atoms with Gasteiger partial charge in [-0.3, -0.25) is 0 Å². The predicted molar refractivity (Wildman–Crippen MR) is 38.4 cm³/mol. The van der Waals surface area contributed by atoms with Gasteiger partial charge in [-0.15, -0.1) is 0 Å². The smallest absolute Gasteiger partial charge is 0.0347 e. The van der Waals surface area contributed by atoms with Crippen molar-refractivity contribution in [3.05, 3.63) is 11.6 Å². The number of rotatable bonds is 0. The monoisotopic (exact) mass is 122 g/mol. The Balaban J connectivity index is 2.84. The molecule has 0 aromatic carbocycles. The highest BCUT2D eigenvalue weighted by molar-refractivity contribution is 6.09. The predicted octanol–water partition coefficient (Wildman–Crippen LogP) is 1.77. The van der Waals surface area contributed by atoms with E-state index in [2.05, 4.69) is 0 Å². The molecule has 2 heteroatoms. The summed E-state index contributed by atoms with van der Waals surface area (Å²) in [5.74, 6) is 0. The fourth-order valence-electron chi connectivity index (χ4n) is 0.877. The van der Waals surface area contributed by atoms with E-state index in [1.807, 2.05) is 6.92 Å². The highest BCUT2D eigenvalue weighted by Crippen LogP contribution is 2.10. The summed E-state index contributed by atoms with van der Waals surface area (Å²) < 4.78 is 0. The van der Waals surface area contributed by atoms with Gasteiger partial charge in [0.2, 0.25) is 0 Å². The van der Waals surface area contributed by atoms with Crippen molar-refractivity contribution < 1.29 is 0 Å². The van der Waals surface area contributed by atoms with Gasteiger partial charge in [-0.25, -0.2) is 0 Å². The first-order chi connectivity index (χ1) is 4.20. The van der Waals surface area contributed by atoms with E-state index in [1.54, 1.807) is 6.08 Å². The van der Waals surface area contributed by atoms with Crippen LogP contribution < -0.4 is 0 Å². The SMILES string of the molecule is CC1=CC(=N)CCC1=N. The third-order valence-electron chi connectivity index (χ3n) is 1.51. The van der Waals surface area contributed by atoms with E-state index in [0.717, 1.165) is 18.4 Å². The number of nitrogens with one attached hydrogen (secondary N) is 2. The third kappa shape index (κ3) is 1.25. The molecule has 0 aromatic heterocycles. The molecule has 1 aliphatic rings. The van der Waals surface area contributed by atoms with Crippen LogP contribution in [0.4, 0.5) is 0 Å². The zero-order chi connectivity index (χ0) is 6.85. The van der Waals surface area contributed by atoms with Gasteiger partial charge in [-0.1, -0.05) is 0 Å². The molecule has 0 saturated carbocycles. The van der Waals surface area contributed by atoms with Crippen LogP contribution >= 0.6 is 0 Å². The molecule has 0 amide bonds. The molecule has 1 aliphatic carbocycles. The Morgan fingerprint density at radius 2 is 2.00 bits per heavy atom. The minimum atomic E-state index is 0.656. The van der Waals surface area contributed by atoms with Crippen molar-refractivity contribution in [2.24, 2.45) is 0 Å². The zero-order valence-corrected chi connectivity index (χ0v) is 5.49. The van der Waals surface area contributed by atoms with Gasteiger partial charge < -0.3 is 10.8 Å². The number of hydrogen-bond acceptors (Lipinski definition) is 2. The van der Waals surface area contributed by atoms with Gasteiger partial charge in [0.05, 0.1) is 0 Å². The minimum Gasteiger partial charge on any atom is -0.305 e. The van der Waals surface area contributed by atoms with Gasteiger partial charge in [-0.2, -0.15) is 0 Å². The molecule has 0 aliphatic heterocycles. The average molecular weight is 122 g/mol. The van der Waals surface area contributed by atoms with E-state index < -0.39 is 0 Å². The topological polar surface area (TPSA) is 47.7 Å². The summed E-state index contributed by atoms with van der Waals surface area (Å²) in [5.41, 5.74) is 2.29. The van der Waals surface area contributed by atoms with E-state index in [1.165, 1.54) is 0 Å². The van der Waals surface area contributed by atoms with Crippen LogP contribution in [-0.4, -0.2) is 11.4 Å². The van der Waals surface area contributed by atoms with E-state index in [4.69, 9.17) is 10.8 Å². The molecule has 0 bridgehead atoms. The second kappa shape index (κ2) is 2.13. The maximum Gasteiger partial charge on any atom is 0.0347 e. The summed E-state index contributed by atoms with van der Waals surface area (Å²) in [5, 5.41) is 14.6. The number of allylic oxidation sites excluding steroid dienone is 2. The fraction of sp³-hybridized carbons (Fsp3) is 0.429. The van der Waals surface area contributed by atoms with Crippen molar-refractivity contribution >= 4 is 11.4 Å². The van der Waals surface area contributed by atoms with Crippen LogP contribution in [0.15, 0.2) is 11.6 Å². The molecular formula is C7H10N2. The normalized spacial score (nSPS) is 19.9. The summed E-state index contributed by atoms with van der Waals surface area (Å²) in [7, 11) is 0. The minimum absolute atomic E-state index is 0.656. The lowest BCUT2D eigenvalue weighted by Crippen LogP contribution is -2.09. The lowest BCUT2D eigenvalue weighted by atomic mass is 9.97. The second-order valence-corrected chi connectivity index (χ2v) is 2.33. The first-order valence-electron chi connectivity index (χ1n) is 3.03. The summed E-state index contributed by atoms with van der Waals surface area (Å²) in [4.78, 5) is 0. The van der Waals surface area contributed by atoms with Gasteiger partial charge >= 0.3 is 0 Å². The van der Waals surface area contributed by atoms with Gasteiger partial charge in [-0.05, 0) is 31.4 Å². The first-order valence-corrected chi connectivity index (χ1v) is 3.03. The van der Waals surface area contributed by atoms with Gasteiger partial charge in [0, 0.05) is 11.4 Å². The molecule has 0 atom stereocenters. The van der Waals surface area contributed by atoms with E-state index >= 15 is 0 Å². The maximum absolute atomic E-state index is 7.32. The Morgan fingerprint density at radius 3 is 2.44 bits per heavy atom. The first kappa shape index (κ1) is 6.20. The van der Waals surface area contributed by atoms with Crippen LogP contribution in [0.3, 0.4) is 0 Å². The lowest BCUT2D eigenvalue weighted by Gasteiger charge is -2.09. The zero-order valence-electron chi connectivity index (χ0n) is 5.49. The summed E-state index contributed by atoms with van der Waals surface area (Å²) in [6.45, 7) is 1.88. The van der Waals surface area contributed by atoms with Crippen molar-refractivity contribution in [2.45, 2.75) is 19.8 Å². The largest absolute Gasteiger partial charge is 0.305 e. The van der Waals surface area contributed by atoms with Gasteiger partial charge in [0.1, 0.15) is 0 Å². The van der Waals surface area contributed by atoms with Crippen molar-refractivity contribution in [3.63, 3.8) is 0 Å². The summed E-state index contributed by atoms with van der Waals surface area (Å²) >= 11 is 0. The van der Waals surface area contributed by atoms with Crippen LogP contribution in [-0.2, 0) is 0 Å². The van der Waals surface area contributed by atoms with Crippen LogP contribution in [0, 0.1) is 10.8 Å². The van der Waals surface area contributed by atoms with Gasteiger partial charge in [0.25, 0.3) is 0 Å². The fourth-order valence-corrected chi connectivity index (χ4v) is 0.877.